The normalized spacial score (nSPS) is 17.3. The van der Waals surface area contributed by atoms with E-state index >= 15 is 0 Å². The Morgan fingerprint density at radius 2 is 2.00 bits per heavy atom. The van der Waals surface area contributed by atoms with E-state index < -0.39 is 0 Å². The second-order valence-corrected chi connectivity index (χ2v) is 6.67. The minimum atomic E-state index is 0.126. The lowest BCUT2D eigenvalue weighted by molar-refractivity contribution is 0.0982. The standard InChI is InChI=1S/C16H31N7/c1-5-22-13-20-21-14(22)11-18-15(17-4)19-12-16(2,3)23-9-7-6-8-10-23/h13H,5-12H2,1-4H3,(H2,17,18,19). The Balaban J connectivity index is 1.82. The van der Waals surface area contributed by atoms with E-state index in [1.165, 1.54) is 32.4 Å². The lowest BCUT2D eigenvalue weighted by atomic mass is 9.98. The molecule has 7 nitrogen and oxygen atoms in total. The molecule has 1 fully saturated rings. The molecule has 0 aliphatic carbocycles. The molecule has 0 spiro atoms. The van der Waals surface area contributed by atoms with E-state index in [4.69, 9.17) is 0 Å². The average molecular weight is 321 g/mol. The monoisotopic (exact) mass is 321 g/mol. The fourth-order valence-electron chi connectivity index (χ4n) is 2.97. The van der Waals surface area contributed by atoms with Crippen LogP contribution in [0.3, 0.4) is 0 Å². The van der Waals surface area contributed by atoms with Crippen molar-refractivity contribution in [2.75, 3.05) is 26.7 Å². The maximum atomic E-state index is 4.31. The number of hydrogen-bond donors (Lipinski definition) is 2. The van der Waals surface area contributed by atoms with Gasteiger partial charge in [0.15, 0.2) is 11.8 Å². The van der Waals surface area contributed by atoms with Crippen molar-refractivity contribution < 1.29 is 0 Å². The number of nitrogens with one attached hydrogen (secondary N) is 2. The van der Waals surface area contributed by atoms with Gasteiger partial charge < -0.3 is 15.2 Å². The van der Waals surface area contributed by atoms with Crippen LogP contribution < -0.4 is 10.6 Å². The summed E-state index contributed by atoms with van der Waals surface area (Å²) in [6, 6.07) is 0. The highest BCUT2D eigenvalue weighted by Gasteiger charge is 2.27. The second-order valence-electron chi connectivity index (χ2n) is 6.67. The van der Waals surface area contributed by atoms with E-state index in [-0.39, 0.29) is 5.54 Å². The molecule has 0 unspecified atom stereocenters. The Labute approximate surface area is 139 Å². The van der Waals surface area contributed by atoms with Gasteiger partial charge in [-0.1, -0.05) is 6.42 Å². The number of likely N-dealkylation sites (tertiary alicyclic amines) is 1. The quantitative estimate of drug-likeness (QED) is 0.609. The van der Waals surface area contributed by atoms with Crippen LogP contribution in [-0.4, -0.2) is 57.8 Å². The number of aliphatic imine (C=N–C) groups is 1. The molecular formula is C16H31N7. The van der Waals surface area contributed by atoms with Crippen molar-refractivity contribution in [3.63, 3.8) is 0 Å². The van der Waals surface area contributed by atoms with Crippen molar-refractivity contribution in [3.05, 3.63) is 12.2 Å². The minimum absolute atomic E-state index is 0.126. The van der Waals surface area contributed by atoms with E-state index in [2.05, 4.69) is 51.5 Å². The van der Waals surface area contributed by atoms with Gasteiger partial charge in [-0.2, -0.15) is 0 Å². The van der Waals surface area contributed by atoms with Gasteiger partial charge in [-0.3, -0.25) is 9.89 Å². The molecule has 2 heterocycles. The van der Waals surface area contributed by atoms with Crippen LogP contribution in [0.1, 0.15) is 45.9 Å². The van der Waals surface area contributed by atoms with E-state index in [0.29, 0.717) is 6.54 Å². The predicted molar refractivity (Wildman–Crippen MR) is 93.4 cm³/mol. The summed E-state index contributed by atoms with van der Waals surface area (Å²) in [5.74, 6) is 1.73. The number of rotatable bonds is 6. The molecule has 1 saturated heterocycles. The lowest BCUT2D eigenvalue weighted by Crippen LogP contribution is -2.54. The third kappa shape index (κ3) is 4.92. The molecule has 0 bridgehead atoms. The molecule has 0 aromatic carbocycles. The molecule has 2 rings (SSSR count). The van der Waals surface area contributed by atoms with Crippen LogP contribution in [0, 0.1) is 0 Å². The summed E-state index contributed by atoms with van der Waals surface area (Å²) in [7, 11) is 1.80. The molecule has 0 amide bonds. The highest BCUT2D eigenvalue weighted by atomic mass is 15.3. The van der Waals surface area contributed by atoms with Crippen LogP contribution in [0.2, 0.25) is 0 Å². The van der Waals surface area contributed by atoms with E-state index in [0.717, 1.165) is 24.9 Å². The molecule has 1 aliphatic rings. The topological polar surface area (TPSA) is 70.4 Å². The molecule has 7 heteroatoms. The number of nitrogens with zero attached hydrogens (tertiary/aromatic N) is 5. The molecule has 0 radical (unpaired) electrons. The molecule has 1 aliphatic heterocycles. The van der Waals surface area contributed by atoms with Crippen LogP contribution in [0.15, 0.2) is 11.3 Å². The maximum absolute atomic E-state index is 4.31. The first kappa shape index (κ1) is 17.7. The minimum Gasteiger partial charge on any atom is -0.355 e. The third-order valence-corrected chi connectivity index (χ3v) is 4.57. The first-order valence-corrected chi connectivity index (χ1v) is 8.63. The van der Waals surface area contributed by atoms with Crippen molar-refractivity contribution in [1.29, 1.82) is 0 Å². The van der Waals surface area contributed by atoms with Crippen LogP contribution in [0.25, 0.3) is 0 Å². The van der Waals surface area contributed by atoms with E-state index in [9.17, 15) is 0 Å². The zero-order chi connectivity index (χ0) is 16.7. The average Bonchev–Trinajstić information content (AvgIpc) is 3.03. The fourth-order valence-corrected chi connectivity index (χ4v) is 2.97. The smallest absolute Gasteiger partial charge is 0.191 e. The van der Waals surface area contributed by atoms with Crippen LogP contribution in [0.5, 0.6) is 0 Å². The largest absolute Gasteiger partial charge is 0.355 e. The second kappa shape index (κ2) is 8.29. The van der Waals surface area contributed by atoms with Gasteiger partial charge in [-0.15, -0.1) is 10.2 Å². The van der Waals surface area contributed by atoms with Gasteiger partial charge in [-0.05, 0) is 46.7 Å². The van der Waals surface area contributed by atoms with Crippen LogP contribution >= 0.6 is 0 Å². The Morgan fingerprint density at radius 3 is 2.65 bits per heavy atom. The van der Waals surface area contributed by atoms with Gasteiger partial charge >= 0.3 is 0 Å². The zero-order valence-electron chi connectivity index (χ0n) is 15.0. The van der Waals surface area contributed by atoms with Gasteiger partial charge in [0.1, 0.15) is 6.33 Å². The van der Waals surface area contributed by atoms with Crippen molar-refractivity contribution in [2.24, 2.45) is 4.99 Å². The van der Waals surface area contributed by atoms with Crippen molar-refractivity contribution in [2.45, 2.75) is 58.7 Å². The zero-order valence-corrected chi connectivity index (χ0v) is 15.0. The molecule has 2 N–H and O–H groups in total. The van der Waals surface area contributed by atoms with Gasteiger partial charge in [0.25, 0.3) is 0 Å². The summed E-state index contributed by atoms with van der Waals surface area (Å²) >= 11 is 0. The van der Waals surface area contributed by atoms with E-state index in [1.54, 1.807) is 13.4 Å². The van der Waals surface area contributed by atoms with Crippen molar-refractivity contribution in [3.8, 4) is 0 Å². The van der Waals surface area contributed by atoms with Crippen LogP contribution in [-0.2, 0) is 13.1 Å². The first-order chi connectivity index (χ1) is 11.1. The Hall–Kier alpha value is -1.63. The summed E-state index contributed by atoms with van der Waals surface area (Å²) in [5.41, 5.74) is 0.126. The molecule has 23 heavy (non-hydrogen) atoms. The van der Waals surface area contributed by atoms with Crippen molar-refractivity contribution >= 4 is 5.96 Å². The Bertz CT molecular complexity index is 500. The lowest BCUT2D eigenvalue weighted by Gasteiger charge is -2.41. The Morgan fingerprint density at radius 1 is 1.26 bits per heavy atom. The number of hydrogen-bond acceptors (Lipinski definition) is 4. The molecule has 130 valence electrons. The number of aryl methyl sites for hydroxylation is 1. The number of aromatic nitrogens is 3. The Kier molecular flexibility index (Phi) is 6.38. The van der Waals surface area contributed by atoms with E-state index in [1.807, 2.05) is 4.57 Å². The van der Waals surface area contributed by atoms with Gasteiger partial charge in [0.2, 0.25) is 0 Å². The fraction of sp³-hybridized carbons (Fsp3) is 0.812. The van der Waals surface area contributed by atoms with Gasteiger partial charge in [-0.25, -0.2) is 0 Å². The maximum Gasteiger partial charge on any atom is 0.191 e. The SMILES string of the molecule is CCn1cnnc1CNC(=NC)NCC(C)(C)N1CCCCC1. The highest BCUT2D eigenvalue weighted by molar-refractivity contribution is 5.79. The number of guanidine groups is 1. The summed E-state index contributed by atoms with van der Waals surface area (Å²) in [5, 5.41) is 14.8. The molecule has 1 aromatic heterocycles. The third-order valence-electron chi connectivity index (χ3n) is 4.57. The molecule has 0 atom stereocenters. The molecule has 0 saturated carbocycles. The first-order valence-electron chi connectivity index (χ1n) is 8.63. The summed E-state index contributed by atoms with van der Waals surface area (Å²) in [6.45, 7) is 11.4. The highest BCUT2D eigenvalue weighted by Crippen LogP contribution is 2.19. The molecular weight excluding hydrogens is 290 g/mol. The number of piperidine rings is 1. The summed E-state index contributed by atoms with van der Waals surface area (Å²) in [6.07, 6.45) is 5.74. The predicted octanol–water partition coefficient (Wildman–Crippen LogP) is 1.23. The summed E-state index contributed by atoms with van der Waals surface area (Å²) in [4.78, 5) is 6.88. The van der Waals surface area contributed by atoms with Crippen LogP contribution in [0.4, 0.5) is 0 Å². The van der Waals surface area contributed by atoms with Gasteiger partial charge in [0, 0.05) is 25.7 Å². The summed E-state index contributed by atoms with van der Waals surface area (Å²) < 4.78 is 2.03. The van der Waals surface area contributed by atoms with Crippen molar-refractivity contribution in [1.82, 2.24) is 30.3 Å². The van der Waals surface area contributed by atoms with Gasteiger partial charge in [0.05, 0.1) is 6.54 Å². The molecule has 1 aromatic rings.